The Kier molecular flexibility index (Phi) is 4.67. The van der Waals surface area contributed by atoms with E-state index in [4.69, 9.17) is 11.6 Å². The molecule has 1 aromatic carbocycles. The molecule has 138 valence electrons. The fraction of sp³-hybridized carbons (Fsp3) is 0.143. The van der Waals surface area contributed by atoms with Gasteiger partial charge in [0.25, 0.3) is 10.0 Å². The molecule has 2 heterocycles. The van der Waals surface area contributed by atoms with Crippen molar-refractivity contribution >= 4 is 27.3 Å². The zero-order chi connectivity index (χ0) is 18.9. The highest BCUT2D eigenvalue weighted by Crippen LogP contribution is 2.22. The van der Waals surface area contributed by atoms with Crippen LogP contribution in [0.1, 0.15) is 0 Å². The average molecular weight is 406 g/mol. The van der Waals surface area contributed by atoms with Crippen LogP contribution in [0.15, 0.2) is 53.9 Å². The van der Waals surface area contributed by atoms with Gasteiger partial charge in [-0.1, -0.05) is 23.7 Å². The summed E-state index contributed by atoms with van der Waals surface area (Å²) in [5, 5.41) is 7.84. The third kappa shape index (κ3) is 4.17. The van der Waals surface area contributed by atoms with E-state index >= 15 is 0 Å². The summed E-state index contributed by atoms with van der Waals surface area (Å²) in [5.41, 5.74) is 0.658. The van der Waals surface area contributed by atoms with Gasteiger partial charge >= 0.3 is 6.18 Å². The highest BCUT2D eigenvalue weighted by atomic mass is 35.5. The van der Waals surface area contributed by atoms with Gasteiger partial charge in [0.15, 0.2) is 0 Å². The summed E-state index contributed by atoms with van der Waals surface area (Å²) in [7, 11) is -4.11. The van der Waals surface area contributed by atoms with Crippen molar-refractivity contribution in [2.45, 2.75) is 17.6 Å². The van der Waals surface area contributed by atoms with E-state index in [1.165, 1.54) is 17.1 Å². The molecule has 0 unspecified atom stereocenters. The van der Waals surface area contributed by atoms with Crippen molar-refractivity contribution in [3.63, 3.8) is 0 Å². The second-order valence-corrected chi connectivity index (χ2v) is 7.31. The summed E-state index contributed by atoms with van der Waals surface area (Å²) in [6.07, 6.45) is -0.225. The summed E-state index contributed by atoms with van der Waals surface area (Å²) in [5.74, 6) is 0. The number of anilines is 1. The number of nitrogens with one attached hydrogen (secondary N) is 1. The molecule has 0 saturated carbocycles. The normalized spacial score (nSPS) is 12.3. The average Bonchev–Trinajstić information content (AvgIpc) is 3.15. The maximum absolute atomic E-state index is 12.3. The van der Waals surface area contributed by atoms with Crippen LogP contribution in [0.2, 0.25) is 5.02 Å². The zero-order valence-corrected chi connectivity index (χ0v) is 14.4. The third-order valence-corrected chi connectivity index (χ3v) is 4.85. The number of nitrogens with zero attached hydrogens (tertiary/aromatic N) is 4. The van der Waals surface area contributed by atoms with Crippen molar-refractivity contribution in [1.29, 1.82) is 0 Å². The van der Waals surface area contributed by atoms with Crippen LogP contribution in [0.3, 0.4) is 0 Å². The summed E-state index contributed by atoms with van der Waals surface area (Å²) < 4.78 is 65.7. The van der Waals surface area contributed by atoms with Crippen molar-refractivity contribution in [3.05, 3.63) is 54.1 Å². The first-order valence-corrected chi connectivity index (χ1v) is 8.92. The Balaban J connectivity index is 1.79. The third-order valence-electron chi connectivity index (χ3n) is 3.20. The summed E-state index contributed by atoms with van der Waals surface area (Å²) in [4.78, 5) is -0.396. The first kappa shape index (κ1) is 18.3. The van der Waals surface area contributed by atoms with Gasteiger partial charge in [-0.2, -0.15) is 23.4 Å². The molecule has 0 saturated heterocycles. The van der Waals surface area contributed by atoms with Crippen LogP contribution in [-0.4, -0.2) is 34.2 Å². The lowest BCUT2D eigenvalue weighted by Gasteiger charge is -2.05. The van der Waals surface area contributed by atoms with E-state index in [2.05, 4.69) is 14.9 Å². The van der Waals surface area contributed by atoms with Crippen molar-refractivity contribution in [2.24, 2.45) is 0 Å². The Bertz CT molecular complexity index is 1030. The molecule has 0 aliphatic heterocycles. The highest BCUT2D eigenvalue weighted by molar-refractivity contribution is 7.92. The van der Waals surface area contributed by atoms with Crippen molar-refractivity contribution in [2.75, 3.05) is 4.72 Å². The van der Waals surface area contributed by atoms with Gasteiger partial charge in [0.1, 0.15) is 11.4 Å². The van der Waals surface area contributed by atoms with E-state index in [9.17, 15) is 21.6 Å². The van der Waals surface area contributed by atoms with Gasteiger partial charge in [-0.05, 0) is 12.1 Å². The van der Waals surface area contributed by atoms with Crippen LogP contribution < -0.4 is 4.72 Å². The summed E-state index contributed by atoms with van der Waals surface area (Å²) >= 11 is 6.05. The molecule has 3 rings (SSSR count). The van der Waals surface area contributed by atoms with Crippen molar-refractivity contribution < 1.29 is 21.6 Å². The standard InChI is InChI=1S/C14H11ClF3N5O2S/c15-12-3-1-2-4-13(12)23-7-10(5-20-23)21-26(24,25)11-6-19-22(8-11)9-14(16,17)18/h1-8,21H,9H2. The molecule has 2 aromatic heterocycles. The molecule has 1 N–H and O–H groups in total. The number of sulfonamides is 1. The first-order chi connectivity index (χ1) is 12.1. The lowest BCUT2D eigenvalue weighted by atomic mass is 10.3. The number of benzene rings is 1. The van der Waals surface area contributed by atoms with E-state index in [1.54, 1.807) is 24.3 Å². The monoisotopic (exact) mass is 405 g/mol. The fourth-order valence-electron chi connectivity index (χ4n) is 2.11. The van der Waals surface area contributed by atoms with Crippen LogP contribution in [0.4, 0.5) is 18.9 Å². The van der Waals surface area contributed by atoms with Gasteiger partial charge in [0.05, 0.1) is 35.0 Å². The second kappa shape index (κ2) is 6.65. The smallest absolute Gasteiger partial charge is 0.276 e. The minimum Gasteiger partial charge on any atom is -0.276 e. The maximum atomic E-state index is 12.3. The molecule has 0 bridgehead atoms. The van der Waals surface area contributed by atoms with Crippen LogP contribution >= 0.6 is 11.6 Å². The fourth-order valence-corrected chi connectivity index (χ4v) is 3.31. The molecule has 0 radical (unpaired) electrons. The maximum Gasteiger partial charge on any atom is 0.408 e. The van der Waals surface area contributed by atoms with E-state index in [0.29, 0.717) is 15.4 Å². The number of halogens is 4. The Morgan fingerprint density at radius 1 is 1.12 bits per heavy atom. The van der Waals surface area contributed by atoms with Gasteiger partial charge in [0.2, 0.25) is 0 Å². The lowest BCUT2D eigenvalue weighted by molar-refractivity contribution is -0.142. The van der Waals surface area contributed by atoms with Crippen LogP contribution in [0.5, 0.6) is 0 Å². The molecular formula is C14H11ClF3N5O2S. The molecule has 3 aromatic rings. The quantitative estimate of drug-likeness (QED) is 0.707. The van der Waals surface area contributed by atoms with Crippen LogP contribution in [-0.2, 0) is 16.6 Å². The molecular weight excluding hydrogens is 395 g/mol. The molecule has 0 aliphatic rings. The number of rotatable bonds is 5. The molecule has 26 heavy (non-hydrogen) atoms. The SMILES string of the molecule is O=S(=O)(Nc1cnn(-c2ccccc2Cl)c1)c1cnn(CC(F)(F)F)c1. The first-order valence-electron chi connectivity index (χ1n) is 7.06. The van der Waals surface area contributed by atoms with E-state index in [1.807, 2.05) is 0 Å². The second-order valence-electron chi connectivity index (χ2n) is 5.22. The molecule has 0 spiro atoms. The number of hydrogen-bond donors (Lipinski definition) is 1. The molecule has 0 atom stereocenters. The Hall–Kier alpha value is -2.53. The van der Waals surface area contributed by atoms with Gasteiger partial charge in [-0.15, -0.1) is 0 Å². The molecule has 12 heteroatoms. The molecule has 0 fully saturated rings. The number of hydrogen-bond acceptors (Lipinski definition) is 4. The van der Waals surface area contributed by atoms with Gasteiger partial charge in [0, 0.05) is 6.20 Å². The van der Waals surface area contributed by atoms with Crippen molar-refractivity contribution in [1.82, 2.24) is 19.6 Å². The Labute approximate surface area is 151 Å². The highest BCUT2D eigenvalue weighted by Gasteiger charge is 2.29. The van der Waals surface area contributed by atoms with Crippen LogP contribution in [0, 0.1) is 0 Å². The topological polar surface area (TPSA) is 81.8 Å². The molecule has 7 nitrogen and oxygen atoms in total. The molecule has 0 amide bonds. The largest absolute Gasteiger partial charge is 0.408 e. The summed E-state index contributed by atoms with van der Waals surface area (Å²) in [6, 6.07) is 6.81. The van der Waals surface area contributed by atoms with E-state index in [0.717, 1.165) is 12.4 Å². The van der Waals surface area contributed by atoms with Crippen LogP contribution in [0.25, 0.3) is 5.69 Å². The summed E-state index contributed by atoms with van der Waals surface area (Å²) in [6.45, 7) is -1.38. The van der Waals surface area contributed by atoms with Gasteiger partial charge < -0.3 is 0 Å². The van der Waals surface area contributed by atoms with E-state index < -0.39 is 27.6 Å². The Morgan fingerprint density at radius 2 is 1.85 bits per heavy atom. The minimum absolute atomic E-state index is 0.119. The predicted molar refractivity (Wildman–Crippen MR) is 87.7 cm³/mol. The number of para-hydroxylation sites is 1. The van der Waals surface area contributed by atoms with Gasteiger partial charge in [-0.25, -0.2) is 13.1 Å². The van der Waals surface area contributed by atoms with E-state index in [-0.39, 0.29) is 5.69 Å². The van der Waals surface area contributed by atoms with Gasteiger partial charge in [-0.3, -0.25) is 9.40 Å². The minimum atomic E-state index is -4.50. The lowest BCUT2D eigenvalue weighted by Crippen LogP contribution is -2.18. The zero-order valence-electron chi connectivity index (χ0n) is 12.9. The van der Waals surface area contributed by atoms with Crippen molar-refractivity contribution in [3.8, 4) is 5.69 Å². The number of alkyl halides is 3. The predicted octanol–water partition coefficient (Wildman–Crippen LogP) is 3.09. The number of aromatic nitrogens is 4. The Morgan fingerprint density at radius 3 is 2.54 bits per heavy atom. The molecule has 0 aliphatic carbocycles.